The van der Waals surface area contributed by atoms with Gasteiger partial charge >= 0.3 is 0 Å². The molecule has 0 aliphatic heterocycles. The molecule has 0 atom stereocenters. The van der Waals surface area contributed by atoms with Crippen LogP contribution in [0.5, 0.6) is 0 Å². The fourth-order valence-electron chi connectivity index (χ4n) is 1.28. The van der Waals surface area contributed by atoms with Gasteiger partial charge in [0.05, 0.1) is 6.54 Å². The predicted molar refractivity (Wildman–Crippen MR) is 79.6 cm³/mol. The van der Waals surface area contributed by atoms with E-state index in [1.807, 2.05) is 25.8 Å². The molecule has 0 aliphatic rings. The van der Waals surface area contributed by atoms with E-state index < -0.39 is 0 Å². The zero-order valence-corrected chi connectivity index (χ0v) is 13.1. The molecule has 0 aromatic heterocycles. The Bertz CT molecular complexity index is 111. The summed E-state index contributed by atoms with van der Waals surface area (Å²) in [5.74, 6) is 0. The van der Waals surface area contributed by atoms with Gasteiger partial charge in [0.2, 0.25) is 0 Å². The van der Waals surface area contributed by atoms with Crippen molar-refractivity contribution in [3.63, 3.8) is 0 Å². The largest absolute Gasteiger partial charge is 0.302 e. The van der Waals surface area contributed by atoms with E-state index in [9.17, 15) is 4.79 Å². The first-order valence-electron chi connectivity index (χ1n) is 7.34. The Hall–Kier alpha value is -0.370. The first-order valence-corrected chi connectivity index (χ1v) is 7.34. The topological polar surface area (TPSA) is 20.3 Å². The fraction of sp³-hybridized carbons (Fsp3) is 0.933. The Kier molecular flexibility index (Phi) is 31.8. The number of rotatable bonds is 8. The highest BCUT2D eigenvalue weighted by Crippen LogP contribution is 2.00. The van der Waals surface area contributed by atoms with Crippen molar-refractivity contribution in [3.8, 4) is 0 Å². The molecule has 0 rings (SSSR count). The molecule has 2 nitrogen and oxygen atoms in total. The van der Waals surface area contributed by atoms with E-state index in [0.29, 0.717) is 6.54 Å². The zero-order chi connectivity index (χ0) is 13.9. The molecule has 0 aromatic rings. The molecule has 0 radical (unpaired) electrons. The predicted octanol–water partition coefficient (Wildman–Crippen LogP) is 4.53. The molecule has 0 fully saturated rings. The first-order chi connectivity index (χ1) is 8.22. The molecule has 0 unspecified atom stereocenters. The number of nitrogens with zero attached hydrogens (tertiary/aromatic N) is 1. The molecule has 0 saturated heterocycles. The lowest BCUT2D eigenvalue weighted by Gasteiger charge is -2.09. The monoisotopic (exact) mass is 245 g/mol. The molecule has 2 heteroatoms. The maximum absolute atomic E-state index is 9.85. The van der Waals surface area contributed by atoms with Crippen molar-refractivity contribution < 1.29 is 4.79 Å². The SMILES string of the molecule is CC.CCCCCCC.CCCN(C)CC=O. The maximum atomic E-state index is 9.85. The summed E-state index contributed by atoms with van der Waals surface area (Å²) in [5, 5.41) is 0. The molecule has 0 spiro atoms. The molecular formula is C15H35NO. The Labute approximate surface area is 110 Å². The second kappa shape index (κ2) is 24.7. The van der Waals surface area contributed by atoms with Crippen LogP contribution in [0.2, 0.25) is 0 Å². The van der Waals surface area contributed by atoms with Crippen molar-refractivity contribution in [1.29, 1.82) is 0 Å². The molecule has 0 N–H and O–H groups in total. The minimum Gasteiger partial charge on any atom is -0.302 e. The van der Waals surface area contributed by atoms with Gasteiger partial charge in [0.25, 0.3) is 0 Å². The van der Waals surface area contributed by atoms with Gasteiger partial charge in [0, 0.05) is 0 Å². The van der Waals surface area contributed by atoms with Gasteiger partial charge in [-0.2, -0.15) is 0 Å². The number of carbonyl (C=O) groups is 1. The molecule has 0 aliphatic carbocycles. The fourth-order valence-corrected chi connectivity index (χ4v) is 1.28. The van der Waals surface area contributed by atoms with E-state index >= 15 is 0 Å². The van der Waals surface area contributed by atoms with Gasteiger partial charge in [-0.15, -0.1) is 0 Å². The van der Waals surface area contributed by atoms with Crippen LogP contribution in [-0.2, 0) is 4.79 Å². The number of carbonyl (C=O) groups excluding carboxylic acids is 1. The standard InChI is InChI=1S/C7H16.C6H13NO.C2H6/c1-3-5-7-6-4-2;1-3-4-7(2)5-6-8;1-2/h3-7H2,1-2H3;6H,3-5H2,1-2H3;1-2H3. The summed E-state index contributed by atoms with van der Waals surface area (Å²) in [6, 6.07) is 0. The van der Waals surface area contributed by atoms with Crippen molar-refractivity contribution >= 4 is 6.29 Å². The zero-order valence-electron chi connectivity index (χ0n) is 13.1. The van der Waals surface area contributed by atoms with E-state index in [4.69, 9.17) is 0 Å². The van der Waals surface area contributed by atoms with E-state index in [2.05, 4.69) is 20.8 Å². The number of aldehydes is 1. The quantitative estimate of drug-likeness (QED) is 0.462. The van der Waals surface area contributed by atoms with Gasteiger partial charge in [-0.3, -0.25) is 4.90 Å². The van der Waals surface area contributed by atoms with Crippen molar-refractivity contribution in [2.75, 3.05) is 20.1 Å². The smallest absolute Gasteiger partial charge is 0.133 e. The molecule has 0 heterocycles. The lowest BCUT2D eigenvalue weighted by Crippen LogP contribution is -2.20. The van der Waals surface area contributed by atoms with E-state index in [1.54, 1.807) is 0 Å². The van der Waals surface area contributed by atoms with E-state index in [-0.39, 0.29) is 0 Å². The van der Waals surface area contributed by atoms with Gasteiger partial charge in [0.1, 0.15) is 6.29 Å². The van der Waals surface area contributed by atoms with Gasteiger partial charge in [0.15, 0.2) is 0 Å². The molecular weight excluding hydrogens is 210 g/mol. The Morgan fingerprint density at radius 3 is 1.65 bits per heavy atom. The molecule has 0 aromatic carbocycles. The number of hydrogen-bond donors (Lipinski definition) is 0. The van der Waals surface area contributed by atoms with Gasteiger partial charge in [-0.1, -0.05) is 66.7 Å². The van der Waals surface area contributed by atoms with Crippen LogP contribution in [-0.4, -0.2) is 31.3 Å². The highest BCUT2D eigenvalue weighted by atomic mass is 16.1. The average Bonchev–Trinajstić information content (AvgIpc) is 2.34. The van der Waals surface area contributed by atoms with Crippen LogP contribution in [0.3, 0.4) is 0 Å². The van der Waals surface area contributed by atoms with Crippen LogP contribution in [0.25, 0.3) is 0 Å². The normalized spacial score (nSPS) is 8.88. The molecule has 0 saturated carbocycles. The van der Waals surface area contributed by atoms with Gasteiger partial charge in [-0.05, 0) is 20.0 Å². The van der Waals surface area contributed by atoms with E-state index in [0.717, 1.165) is 19.3 Å². The van der Waals surface area contributed by atoms with E-state index in [1.165, 1.54) is 32.1 Å². The Morgan fingerprint density at radius 2 is 1.35 bits per heavy atom. The minimum atomic E-state index is 0.563. The molecule has 0 amide bonds. The number of unbranched alkanes of at least 4 members (excludes halogenated alkanes) is 4. The van der Waals surface area contributed by atoms with Crippen LogP contribution in [0.4, 0.5) is 0 Å². The third-order valence-electron chi connectivity index (χ3n) is 2.20. The van der Waals surface area contributed by atoms with Crippen LogP contribution in [0.1, 0.15) is 73.1 Å². The van der Waals surface area contributed by atoms with Crippen LogP contribution < -0.4 is 0 Å². The summed E-state index contributed by atoms with van der Waals surface area (Å²) in [6.07, 6.45) is 9.05. The lowest BCUT2D eigenvalue weighted by atomic mass is 10.2. The third-order valence-corrected chi connectivity index (χ3v) is 2.20. The van der Waals surface area contributed by atoms with Crippen LogP contribution in [0.15, 0.2) is 0 Å². The summed E-state index contributed by atoms with van der Waals surface area (Å²) in [6.45, 7) is 12.2. The highest BCUT2D eigenvalue weighted by molar-refractivity contribution is 5.51. The summed E-state index contributed by atoms with van der Waals surface area (Å²) < 4.78 is 0. The average molecular weight is 245 g/mol. The first kappa shape index (κ1) is 21.9. The molecule has 106 valence electrons. The summed E-state index contributed by atoms with van der Waals surface area (Å²) in [5.41, 5.74) is 0. The van der Waals surface area contributed by atoms with Crippen LogP contribution in [0, 0.1) is 0 Å². The lowest BCUT2D eigenvalue weighted by molar-refractivity contribution is -0.108. The van der Waals surface area contributed by atoms with Gasteiger partial charge < -0.3 is 4.79 Å². The summed E-state index contributed by atoms with van der Waals surface area (Å²) >= 11 is 0. The Morgan fingerprint density at radius 1 is 0.882 bits per heavy atom. The van der Waals surface area contributed by atoms with Crippen molar-refractivity contribution in [2.24, 2.45) is 0 Å². The summed E-state index contributed by atoms with van der Waals surface area (Å²) in [4.78, 5) is 11.8. The number of hydrogen-bond acceptors (Lipinski definition) is 2. The van der Waals surface area contributed by atoms with Crippen molar-refractivity contribution in [1.82, 2.24) is 4.90 Å². The molecule has 17 heavy (non-hydrogen) atoms. The van der Waals surface area contributed by atoms with Crippen molar-refractivity contribution in [3.05, 3.63) is 0 Å². The Balaban J connectivity index is -0.000000202. The third kappa shape index (κ3) is 31.3. The number of likely N-dealkylation sites (N-methyl/N-ethyl adjacent to an activating group) is 1. The molecule has 0 bridgehead atoms. The van der Waals surface area contributed by atoms with Crippen LogP contribution >= 0.6 is 0 Å². The maximum Gasteiger partial charge on any atom is 0.133 e. The van der Waals surface area contributed by atoms with Gasteiger partial charge in [-0.25, -0.2) is 0 Å². The highest BCUT2D eigenvalue weighted by Gasteiger charge is 1.90. The van der Waals surface area contributed by atoms with Crippen molar-refractivity contribution in [2.45, 2.75) is 73.1 Å². The minimum absolute atomic E-state index is 0.563. The summed E-state index contributed by atoms with van der Waals surface area (Å²) in [7, 11) is 1.94. The second-order valence-electron chi connectivity index (χ2n) is 3.99. The second-order valence-corrected chi connectivity index (χ2v) is 3.99.